The smallest absolute Gasteiger partial charge is 0.270 e. The normalized spacial score (nSPS) is 10.3. The predicted octanol–water partition coefficient (Wildman–Crippen LogP) is 2.46. The molecular weight excluding hydrogens is 272 g/mol. The molecule has 0 fully saturated rings. The molecule has 106 valence electrons. The number of aryl methyl sites for hydroxylation is 1. The number of carbonyl (C=O) groups is 1. The van der Waals surface area contributed by atoms with Crippen LogP contribution in [0, 0.1) is 0 Å². The van der Waals surface area contributed by atoms with Gasteiger partial charge in [0, 0.05) is 29.5 Å². The fourth-order valence-corrected chi connectivity index (χ4v) is 2.51. The number of aromatic nitrogens is 2. The summed E-state index contributed by atoms with van der Waals surface area (Å²) >= 11 is 1.62. The van der Waals surface area contributed by atoms with Crippen LogP contribution in [0.15, 0.2) is 24.5 Å². The fraction of sp³-hybridized carbons (Fsp3) is 0.357. The molecule has 20 heavy (non-hydrogen) atoms. The van der Waals surface area contributed by atoms with Crippen LogP contribution >= 0.6 is 11.3 Å². The number of hydrogen-bond donors (Lipinski definition) is 2. The van der Waals surface area contributed by atoms with Gasteiger partial charge in [0.25, 0.3) is 5.91 Å². The van der Waals surface area contributed by atoms with Crippen LogP contribution in [0.2, 0.25) is 0 Å². The van der Waals surface area contributed by atoms with Crippen molar-refractivity contribution in [3.63, 3.8) is 0 Å². The van der Waals surface area contributed by atoms with E-state index < -0.39 is 0 Å². The molecule has 2 rings (SSSR count). The fourth-order valence-electron chi connectivity index (χ4n) is 1.71. The van der Waals surface area contributed by atoms with Crippen LogP contribution in [-0.4, -0.2) is 22.4 Å². The van der Waals surface area contributed by atoms with E-state index in [9.17, 15) is 4.79 Å². The summed E-state index contributed by atoms with van der Waals surface area (Å²) in [4.78, 5) is 21.6. The minimum Gasteiger partial charge on any atom is -0.385 e. The summed E-state index contributed by atoms with van der Waals surface area (Å²) in [6.07, 6.45) is 4.46. The summed E-state index contributed by atoms with van der Waals surface area (Å²) < 4.78 is 0. The molecule has 2 N–H and O–H groups in total. The van der Waals surface area contributed by atoms with E-state index >= 15 is 0 Å². The highest BCUT2D eigenvalue weighted by molar-refractivity contribution is 7.11. The maximum absolute atomic E-state index is 12.0. The Balaban J connectivity index is 1.95. The SMILES string of the molecule is CCNc1ccnc(C(=O)NCc2ncc(CC)s2)c1. The second-order valence-corrected chi connectivity index (χ2v) is 5.42. The Bertz CT molecular complexity index is 582. The number of anilines is 1. The minimum atomic E-state index is -0.182. The highest BCUT2D eigenvalue weighted by Crippen LogP contribution is 2.13. The molecule has 0 unspecified atom stereocenters. The van der Waals surface area contributed by atoms with Crippen molar-refractivity contribution in [2.75, 3.05) is 11.9 Å². The van der Waals surface area contributed by atoms with Gasteiger partial charge < -0.3 is 10.6 Å². The highest BCUT2D eigenvalue weighted by atomic mass is 32.1. The number of thiazole rings is 1. The maximum Gasteiger partial charge on any atom is 0.270 e. The minimum absolute atomic E-state index is 0.182. The number of rotatable bonds is 6. The topological polar surface area (TPSA) is 66.9 Å². The Kier molecular flexibility index (Phi) is 5.06. The first-order valence-corrected chi connectivity index (χ1v) is 7.46. The summed E-state index contributed by atoms with van der Waals surface area (Å²) in [6, 6.07) is 3.59. The Morgan fingerprint density at radius 3 is 2.90 bits per heavy atom. The third kappa shape index (κ3) is 3.77. The molecular formula is C14H18N4OS. The van der Waals surface area contributed by atoms with Crippen LogP contribution in [0.25, 0.3) is 0 Å². The number of nitrogens with one attached hydrogen (secondary N) is 2. The molecule has 0 aliphatic rings. The van der Waals surface area contributed by atoms with Gasteiger partial charge in [-0.25, -0.2) is 4.98 Å². The Morgan fingerprint density at radius 2 is 2.20 bits per heavy atom. The Labute approximate surface area is 122 Å². The third-order valence-corrected chi connectivity index (χ3v) is 3.87. The number of amides is 1. The molecule has 0 aromatic carbocycles. The number of nitrogens with zero attached hydrogens (tertiary/aromatic N) is 2. The molecule has 5 nitrogen and oxygen atoms in total. The summed E-state index contributed by atoms with van der Waals surface area (Å²) in [7, 11) is 0. The molecule has 1 amide bonds. The summed E-state index contributed by atoms with van der Waals surface area (Å²) in [5.41, 5.74) is 1.31. The maximum atomic E-state index is 12.0. The third-order valence-electron chi connectivity index (χ3n) is 2.72. The highest BCUT2D eigenvalue weighted by Gasteiger charge is 2.09. The molecule has 0 aliphatic carbocycles. The summed E-state index contributed by atoms with van der Waals surface area (Å²) in [5.74, 6) is -0.182. The second kappa shape index (κ2) is 7.00. The standard InChI is InChI=1S/C14H18N4OS/c1-3-11-8-17-13(20-11)9-18-14(19)12-7-10(15-4-2)5-6-16-12/h5-8H,3-4,9H2,1-2H3,(H,15,16)(H,18,19). The van der Waals surface area contributed by atoms with Crippen LogP contribution in [0.1, 0.15) is 34.2 Å². The van der Waals surface area contributed by atoms with Crippen LogP contribution < -0.4 is 10.6 Å². The van der Waals surface area contributed by atoms with Crippen LogP contribution in [0.5, 0.6) is 0 Å². The quantitative estimate of drug-likeness (QED) is 0.857. The zero-order valence-corrected chi connectivity index (χ0v) is 12.5. The van der Waals surface area contributed by atoms with Crippen molar-refractivity contribution in [1.29, 1.82) is 0 Å². The van der Waals surface area contributed by atoms with E-state index in [4.69, 9.17) is 0 Å². The summed E-state index contributed by atoms with van der Waals surface area (Å²) in [6.45, 7) is 5.35. The van der Waals surface area contributed by atoms with Gasteiger partial charge in [0.1, 0.15) is 10.7 Å². The van der Waals surface area contributed by atoms with E-state index in [0.29, 0.717) is 12.2 Å². The van der Waals surface area contributed by atoms with Crippen molar-refractivity contribution >= 4 is 22.9 Å². The van der Waals surface area contributed by atoms with Crippen LogP contribution in [0.4, 0.5) is 5.69 Å². The lowest BCUT2D eigenvalue weighted by Gasteiger charge is -2.06. The van der Waals surface area contributed by atoms with Crippen molar-refractivity contribution in [1.82, 2.24) is 15.3 Å². The van der Waals surface area contributed by atoms with Gasteiger partial charge >= 0.3 is 0 Å². The average molecular weight is 290 g/mol. The zero-order chi connectivity index (χ0) is 14.4. The van der Waals surface area contributed by atoms with Gasteiger partial charge in [-0.05, 0) is 25.5 Å². The van der Waals surface area contributed by atoms with Gasteiger partial charge in [-0.1, -0.05) is 6.92 Å². The number of pyridine rings is 1. The zero-order valence-electron chi connectivity index (χ0n) is 11.6. The lowest BCUT2D eigenvalue weighted by atomic mass is 10.3. The van der Waals surface area contributed by atoms with E-state index in [-0.39, 0.29) is 5.91 Å². The molecule has 0 spiro atoms. The molecule has 2 aromatic heterocycles. The van der Waals surface area contributed by atoms with E-state index in [0.717, 1.165) is 23.7 Å². The predicted molar refractivity (Wildman–Crippen MR) is 81.1 cm³/mol. The monoisotopic (exact) mass is 290 g/mol. The number of hydrogen-bond acceptors (Lipinski definition) is 5. The average Bonchev–Trinajstić information content (AvgIpc) is 2.93. The van der Waals surface area contributed by atoms with Gasteiger partial charge in [-0.2, -0.15) is 0 Å². The molecule has 2 heterocycles. The molecule has 0 atom stereocenters. The van der Waals surface area contributed by atoms with E-state index in [1.54, 1.807) is 23.6 Å². The van der Waals surface area contributed by atoms with Crippen LogP contribution in [-0.2, 0) is 13.0 Å². The molecule has 6 heteroatoms. The van der Waals surface area contributed by atoms with Gasteiger partial charge in [-0.15, -0.1) is 11.3 Å². The Morgan fingerprint density at radius 1 is 1.35 bits per heavy atom. The first kappa shape index (κ1) is 14.5. The second-order valence-electron chi connectivity index (χ2n) is 4.22. The van der Waals surface area contributed by atoms with Gasteiger partial charge in [0.15, 0.2) is 0 Å². The van der Waals surface area contributed by atoms with Gasteiger partial charge in [-0.3, -0.25) is 9.78 Å². The summed E-state index contributed by atoms with van der Waals surface area (Å²) in [5, 5.41) is 6.91. The van der Waals surface area contributed by atoms with E-state index in [2.05, 4.69) is 27.5 Å². The first-order valence-electron chi connectivity index (χ1n) is 6.64. The van der Waals surface area contributed by atoms with Crippen molar-refractivity contribution in [3.8, 4) is 0 Å². The molecule has 2 aromatic rings. The van der Waals surface area contributed by atoms with Crippen molar-refractivity contribution < 1.29 is 4.79 Å². The largest absolute Gasteiger partial charge is 0.385 e. The van der Waals surface area contributed by atoms with E-state index in [1.807, 2.05) is 19.2 Å². The first-order chi connectivity index (χ1) is 9.72. The van der Waals surface area contributed by atoms with Crippen molar-refractivity contribution in [2.45, 2.75) is 26.8 Å². The molecule has 0 aliphatic heterocycles. The molecule has 0 saturated carbocycles. The van der Waals surface area contributed by atoms with E-state index in [1.165, 1.54) is 4.88 Å². The lowest BCUT2D eigenvalue weighted by Crippen LogP contribution is -2.23. The Hall–Kier alpha value is -1.95. The molecule has 0 bridgehead atoms. The number of carbonyl (C=O) groups excluding carboxylic acids is 1. The van der Waals surface area contributed by atoms with Crippen LogP contribution in [0.3, 0.4) is 0 Å². The van der Waals surface area contributed by atoms with Gasteiger partial charge in [0.05, 0.1) is 6.54 Å². The molecule has 0 radical (unpaired) electrons. The molecule has 0 saturated heterocycles. The van der Waals surface area contributed by atoms with Gasteiger partial charge in [0.2, 0.25) is 0 Å². The van der Waals surface area contributed by atoms with Crippen molar-refractivity contribution in [2.24, 2.45) is 0 Å². The lowest BCUT2D eigenvalue weighted by molar-refractivity contribution is 0.0946. The van der Waals surface area contributed by atoms with Crippen molar-refractivity contribution in [3.05, 3.63) is 40.1 Å².